The van der Waals surface area contributed by atoms with Crippen LogP contribution in [-0.2, 0) is 4.79 Å². The molecule has 1 aromatic carbocycles. The molecule has 1 fully saturated rings. The van der Waals surface area contributed by atoms with Crippen LogP contribution in [0.25, 0.3) is 0 Å². The van der Waals surface area contributed by atoms with Gasteiger partial charge in [0.25, 0.3) is 0 Å². The number of hydrogen-bond acceptors (Lipinski definition) is 3. The molecule has 3 rings (SSSR count). The van der Waals surface area contributed by atoms with Crippen LogP contribution in [0.1, 0.15) is 17.2 Å². The number of benzene rings is 1. The summed E-state index contributed by atoms with van der Waals surface area (Å²) in [6.07, 6.45) is 3.54. The first-order valence-electron chi connectivity index (χ1n) is 6.80. The molecule has 110 valence electrons. The zero-order valence-electron chi connectivity index (χ0n) is 11.5. The lowest BCUT2D eigenvalue weighted by Crippen LogP contribution is -2.51. The predicted molar refractivity (Wildman–Crippen MR) is 84.3 cm³/mol. The number of pyridine rings is 1. The number of amides is 1. The Kier molecular flexibility index (Phi) is 5.31. The predicted octanol–water partition coefficient (Wildman–Crippen LogP) is 1.93. The smallest absolute Gasteiger partial charge is 0.226 e. The number of carbonyl (C=O) groups excluding carboxylic acids is 1. The van der Waals surface area contributed by atoms with Crippen LogP contribution in [0.2, 0.25) is 0 Å². The lowest BCUT2D eigenvalue weighted by atomic mass is 9.97. The summed E-state index contributed by atoms with van der Waals surface area (Å²) in [5.41, 5.74) is 2.07. The SMILES string of the molecule is Cl.O=C(NC(c1ccccc1)c1cccnc1)C1CNC1. The molecule has 1 unspecified atom stereocenters. The molecule has 1 saturated heterocycles. The third kappa shape index (κ3) is 3.60. The van der Waals surface area contributed by atoms with Gasteiger partial charge in [0.05, 0.1) is 12.0 Å². The van der Waals surface area contributed by atoms with Crippen LogP contribution in [0.15, 0.2) is 54.9 Å². The van der Waals surface area contributed by atoms with Crippen molar-refractivity contribution in [1.82, 2.24) is 15.6 Å². The minimum Gasteiger partial charge on any atom is -0.345 e. The van der Waals surface area contributed by atoms with Crippen molar-refractivity contribution >= 4 is 18.3 Å². The molecule has 1 aliphatic heterocycles. The molecule has 1 atom stereocenters. The lowest BCUT2D eigenvalue weighted by molar-refractivity contribution is -0.126. The highest BCUT2D eigenvalue weighted by atomic mass is 35.5. The van der Waals surface area contributed by atoms with Crippen LogP contribution >= 0.6 is 12.4 Å². The highest BCUT2D eigenvalue weighted by molar-refractivity contribution is 5.85. The summed E-state index contributed by atoms with van der Waals surface area (Å²) in [6.45, 7) is 1.53. The average Bonchev–Trinajstić information content (AvgIpc) is 2.45. The zero-order chi connectivity index (χ0) is 13.8. The van der Waals surface area contributed by atoms with Crippen LogP contribution < -0.4 is 10.6 Å². The Hall–Kier alpha value is -1.91. The van der Waals surface area contributed by atoms with Gasteiger partial charge in [-0.15, -0.1) is 12.4 Å². The fraction of sp³-hybridized carbons (Fsp3) is 0.250. The summed E-state index contributed by atoms with van der Waals surface area (Å²) in [7, 11) is 0. The van der Waals surface area contributed by atoms with E-state index in [1.54, 1.807) is 12.4 Å². The Bertz CT molecular complexity index is 533. The fourth-order valence-corrected chi connectivity index (χ4v) is 2.29. The van der Waals surface area contributed by atoms with Crippen molar-refractivity contribution in [2.45, 2.75) is 6.04 Å². The highest BCUT2D eigenvalue weighted by Crippen LogP contribution is 2.22. The van der Waals surface area contributed by atoms with Gasteiger partial charge >= 0.3 is 0 Å². The molecule has 4 nitrogen and oxygen atoms in total. The first kappa shape index (κ1) is 15.5. The van der Waals surface area contributed by atoms with Gasteiger partial charge in [-0.1, -0.05) is 36.4 Å². The maximum absolute atomic E-state index is 12.2. The number of aromatic nitrogens is 1. The van der Waals surface area contributed by atoms with Crippen molar-refractivity contribution < 1.29 is 4.79 Å². The van der Waals surface area contributed by atoms with E-state index in [2.05, 4.69) is 15.6 Å². The molecule has 0 spiro atoms. The van der Waals surface area contributed by atoms with Crippen molar-refractivity contribution in [1.29, 1.82) is 0 Å². The van der Waals surface area contributed by atoms with E-state index in [-0.39, 0.29) is 30.3 Å². The van der Waals surface area contributed by atoms with Gasteiger partial charge in [0.2, 0.25) is 5.91 Å². The molecule has 0 aliphatic carbocycles. The molecule has 21 heavy (non-hydrogen) atoms. The van der Waals surface area contributed by atoms with Gasteiger partial charge in [-0.2, -0.15) is 0 Å². The largest absolute Gasteiger partial charge is 0.345 e. The Morgan fingerprint density at radius 1 is 1.14 bits per heavy atom. The average molecular weight is 304 g/mol. The minimum atomic E-state index is -0.141. The van der Waals surface area contributed by atoms with E-state index in [4.69, 9.17) is 0 Å². The molecule has 2 aromatic rings. The third-order valence-corrected chi connectivity index (χ3v) is 3.59. The number of hydrogen-bond donors (Lipinski definition) is 2. The van der Waals surface area contributed by atoms with Gasteiger partial charge in [-0.25, -0.2) is 0 Å². The molecule has 0 saturated carbocycles. The summed E-state index contributed by atoms with van der Waals surface area (Å²) in [5.74, 6) is 0.180. The molecule has 0 radical (unpaired) electrons. The molecule has 2 N–H and O–H groups in total. The zero-order valence-corrected chi connectivity index (χ0v) is 12.3. The topological polar surface area (TPSA) is 54.0 Å². The quantitative estimate of drug-likeness (QED) is 0.907. The first-order chi connectivity index (χ1) is 9.84. The third-order valence-electron chi connectivity index (χ3n) is 3.59. The molecular weight excluding hydrogens is 286 g/mol. The summed E-state index contributed by atoms with van der Waals surface area (Å²) >= 11 is 0. The number of carbonyl (C=O) groups is 1. The number of rotatable bonds is 4. The Morgan fingerprint density at radius 2 is 1.86 bits per heavy atom. The number of halogens is 1. The summed E-state index contributed by atoms with van der Waals surface area (Å²) in [4.78, 5) is 16.4. The van der Waals surface area contributed by atoms with E-state index >= 15 is 0 Å². The van der Waals surface area contributed by atoms with Crippen LogP contribution in [0, 0.1) is 5.92 Å². The molecule has 0 bridgehead atoms. The molecule has 2 heterocycles. The van der Waals surface area contributed by atoms with Crippen LogP contribution in [0.3, 0.4) is 0 Å². The van der Waals surface area contributed by atoms with Gasteiger partial charge < -0.3 is 10.6 Å². The van der Waals surface area contributed by atoms with Crippen molar-refractivity contribution in [3.8, 4) is 0 Å². The van der Waals surface area contributed by atoms with Gasteiger partial charge in [-0.05, 0) is 17.2 Å². The van der Waals surface area contributed by atoms with E-state index in [0.29, 0.717) is 0 Å². The summed E-state index contributed by atoms with van der Waals surface area (Å²) in [6, 6.07) is 13.7. The van der Waals surface area contributed by atoms with E-state index in [1.807, 2.05) is 42.5 Å². The van der Waals surface area contributed by atoms with E-state index in [0.717, 1.165) is 24.2 Å². The first-order valence-corrected chi connectivity index (χ1v) is 6.80. The molecular formula is C16H18ClN3O. The normalized spacial score (nSPS) is 15.4. The maximum atomic E-state index is 12.2. The van der Waals surface area contributed by atoms with Crippen molar-refractivity contribution in [2.75, 3.05) is 13.1 Å². The van der Waals surface area contributed by atoms with Crippen molar-refractivity contribution in [3.05, 3.63) is 66.0 Å². The monoisotopic (exact) mass is 303 g/mol. The van der Waals surface area contributed by atoms with Crippen molar-refractivity contribution in [2.24, 2.45) is 5.92 Å². The Balaban J connectivity index is 0.00000161. The summed E-state index contributed by atoms with van der Waals surface area (Å²) in [5, 5.41) is 6.25. The van der Waals surface area contributed by atoms with Gasteiger partial charge in [0.15, 0.2) is 0 Å². The van der Waals surface area contributed by atoms with E-state index in [9.17, 15) is 4.79 Å². The molecule has 1 amide bonds. The minimum absolute atomic E-state index is 0. The second kappa shape index (κ2) is 7.20. The van der Waals surface area contributed by atoms with E-state index in [1.165, 1.54) is 0 Å². The van der Waals surface area contributed by atoms with Gasteiger partial charge in [0, 0.05) is 25.5 Å². The second-order valence-electron chi connectivity index (χ2n) is 4.99. The van der Waals surface area contributed by atoms with Crippen molar-refractivity contribution in [3.63, 3.8) is 0 Å². The van der Waals surface area contributed by atoms with Crippen LogP contribution in [-0.4, -0.2) is 24.0 Å². The Labute approximate surface area is 130 Å². The Morgan fingerprint density at radius 3 is 2.43 bits per heavy atom. The molecule has 1 aliphatic rings. The summed E-state index contributed by atoms with van der Waals surface area (Å²) < 4.78 is 0. The van der Waals surface area contributed by atoms with Crippen LogP contribution in [0.4, 0.5) is 0 Å². The highest BCUT2D eigenvalue weighted by Gasteiger charge is 2.27. The van der Waals surface area contributed by atoms with E-state index < -0.39 is 0 Å². The molecule has 5 heteroatoms. The molecule has 1 aromatic heterocycles. The lowest BCUT2D eigenvalue weighted by Gasteiger charge is -2.28. The van der Waals surface area contributed by atoms with Gasteiger partial charge in [-0.3, -0.25) is 9.78 Å². The second-order valence-corrected chi connectivity index (χ2v) is 4.99. The van der Waals surface area contributed by atoms with Crippen LogP contribution in [0.5, 0.6) is 0 Å². The number of nitrogens with one attached hydrogen (secondary N) is 2. The maximum Gasteiger partial charge on any atom is 0.226 e. The standard InChI is InChI=1S/C16H17N3O.ClH/c20-16(14-10-18-11-14)19-15(12-5-2-1-3-6-12)13-7-4-8-17-9-13;/h1-9,14-15,18H,10-11H2,(H,19,20);1H. The van der Waals surface area contributed by atoms with Gasteiger partial charge in [0.1, 0.15) is 0 Å². The number of nitrogens with zero attached hydrogens (tertiary/aromatic N) is 1. The fourth-order valence-electron chi connectivity index (χ4n) is 2.29.